The highest BCUT2D eigenvalue weighted by Gasteiger charge is 2.18. The predicted octanol–water partition coefficient (Wildman–Crippen LogP) is 1.19. The van der Waals surface area contributed by atoms with Crippen LogP contribution < -0.4 is 5.73 Å². The van der Waals surface area contributed by atoms with Crippen molar-refractivity contribution in [2.24, 2.45) is 0 Å². The Balaban J connectivity index is 3.43. The number of hydrogen-bond donors (Lipinski definition) is 2. The van der Waals surface area contributed by atoms with Crippen molar-refractivity contribution in [3.8, 4) is 5.75 Å². The second-order valence-corrected chi connectivity index (χ2v) is 2.43. The first-order chi connectivity index (χ1) is 5.54. The summed E-state index contributed by atoms with van der Waals surface area (Å²) < 4.78 is 0. The highest BCUT2D eigenvalue weighted by Crippen LogP contribution is 2.34. The molecule has 0 amide bonds. The van der Waals surface area contributed by atoms with Crippen molar-refractivity contribution in [1.29, 1.82) is 0 Å². The number of nitro benzene ring substituents is 1. The molecule has 0 saturated carbocycles. The number of hydrogen-bond acceptors (Lipinski definition) is 4. The van der Waals surface area contributed by atoms with E-state index in [-0.39, 0.29) is 11.4 Å². The molecule has 5 nitrogen and oxygen atoms in total. The molecular formula is C7H8N2O3. The number of nitro groups is 1. The van der Waals surface area contributed by atoms with E-state index >= 15 is 0 Å². The Morgan fingerprint density at radius 3 is 2.58 bits per heavy atom. The van der Waals surface area contributed by atoms with Gasteiger partial charge in [0.25, 0.3) is 0 Å². The van der Waals surface area contributed by atoms with Gasteiger partial charge in [-0.2, -0.15) is 0 Å². The second-order valence-electron chi connectivity index (χ2n) is 2.43. The summed E-state index contributed by atoms with van der Waals surface area (Å²) in [6.07, 6.45) is 0. The highest BCUT2D eigenvalue weighted by molar-refractivity contribution is 5.65. The van der Waals surface area contributed by atoms with Gasteiger partial charge in [0, 0.05) is 5.56 Å². The van der Waals surface area contributed by atoms with Crippen LogP contribution in [0.25, 0.3) is 0 Å². The first-order valence-corrected chi connectivity index (χ1v) is 3.26. The third-order valence-electron chi connectivity index (χ3n) is 1.57. The molecule has 5 heteroatoms. The van der Waals surface area contributed by atoms with E-state index in [9.17, 15) is 15.2 Å². The quantitative estimate of drug-likeness (QED) is 0.285. The van der Waals surface area contributed by atoms with Crippen molar-refractivity contribution in [1.82, 2.24) is 0 Å². The molecule has 1 rings (SSSR count). The van der Waals surface area contributed by atoms with Gasteiger partial charge < -0.3 is 10.8 Å². The van der Waals surface area contributed by atoms with E-state index < -0.39 is 10.7 Å². The number of benzene rings is 1. The zero-order chi connectivity index (χ0) is 9.30. The molecule has 0 atom stereocenters. The Bertz CT molecular complexity index is 336. The third-order valence-corrected chi connectivity index (χ3v) is 1.57. The first kappa shape index (κ1) is 8.32. The van der Waals surface area contributed by atoms with E-state index in [1.807, 2.05) is 0 Å². The topological polar surface area (TPSA) is 89.4 Å². The van der Waals surface area contributed by atoms with Crippen LogP contribution in [0.4, 0.5) is 11.4 Å². The number of aryl methyl sites for hydroxylation is 1. The van der Waals surface area contributed by atoms with Gasteiger partial charge >= 0.3 is 5.69 Å². The number of rotatable bonds is 1. The molecule has 0 saturated heterocycles. The van der Waals surface area contributed by atoms with Gasteiger partial charge in [-0.1, -0.05) is 6.07 Å². The van der Waals surface area contributed by atoms with Crippen molar-refractivity contribution in [2.75, 3.05) is 5.73 Å². The number of nitrogen functional groups attached to an aromatic ring is 1. The molecule has 0 aliphatic heterocycles. The smallest absolute Gasteiger partial charge is 0.315 e. The molecule has 3 N–H and O–H groups in total. The lowest BCUT2D eigenvalue weighted by molar-refractivity contribution is -0.386. The van der Waals surface area contributed by atoms with Gasteiger partial charge in [0.15, 0.2) is 0 Å². The van der Waals surface area contributed by atoms with E-state index in [0.717, 1.165) is 0 Å². The Kier molecular flexibility index (Phi) is 1.86. The Hall–Kier alpha value is -1.78. The van der Waals surface area contributed by atoms with E-state index in [1.165, 1.54) is 19.1 Å². The Labute approximate surface area is 68.6 Å². The molecular weight excluding hydrogens is 160 g/mol. The van der Waals surface area contributed by atoms with Crippen molar-refractivity contribution in [2.45, 2.75) is 6.92 Å². The fourth-order valence-corrected chi connectivity index (χ4v) is 0.927. The van der Waals surface area contributed by atoms with Crippen molar-refractivity contribution >= 4 is 11.4 Å². The standard InChI is InChI=1S/C7H8N2O3/c1-4-2-3-5(8)7(10)6(4)9(11)12/h2-3,10H,8H2,1H3. The summed E-state index contributed by atoms with van der Waals surface area (Å²) in [7, 11) is 0. The summed E-state index contributed by atoms with van der Waals surface area (Å²) in [6, 6.07) is 2.92. The minimum absolute atomic E-state index is 0.0206. The minimum atomic E-state index is -0.652. The second kappa shape index (κ2) is 2.69. The molecule has 0 aliphatic rings. The molecule has 0 bridgehead atoms. The summed E-state index contributed by atoms with van der Waals surface area (Å²) in [6.45, 7) is 1.54. The van der Waals surface area contributed by atoms with Crippen molar-refractivity contribution in [3.63, 3.8) is 0 Å². The van der Waals surface area contributed by atoms with E-state index in [2.05, 4.69) is 0 Å². The van der Waals surface area contributed by atoms with Crippen LogP contribution in [0.1, 0.15) is 5.56 Å². The molecule has 1 aromatic carbocycles. The molecule has 0 fully saturated rings. The fraction of sp³-hybridized carbons (Fsp3) is 0.143. The van der Waals surface area contributed by atoms with Crippen molar-refractivity contribution < 1.29 is 10.0 Å². The number of anilines is 1. The largest absolute Gasteiger partial charge is 0.501 e. The maximum absolute atomic E-state index is 10.4. The summed E-state index contributed by atoms with van der Waals surface area (Å²) in [5.74, 6) is -0.458. The molecule has 0 unspecified atom stereocenters. The molecule has 0 heterocycles. The maximum Gasteiger partial charge on any atom is 0.315 e. The van der Waals surface area contributed by atoms with E-state index in [1.54, 1.807) is 0 Å². The van der Waals surface area contributed by atoms with Crippen LogP contribution in [0.2, 0.25) is 0 Å². The van der Waals surface area contributed by atoms with Crippen LogP contribution in [-0.4, -0.2) is 10.0 Å². The Morgan fingerprint density at radius 1 is 1.58 bits per heavy atom. The van der Waals surface area contributed by atoms with Crippen LogP contribution in [0.3, 0.4) is 0 Å². The lowest BCUT2D eigenvalue weighted by Crippen LogP contribution is -1.95. The lowest BCUT2D eigenvalue weighted by atomic mass is 10.1. The highest BCUT2D eigenvalue weighted by atomic mass is 16.6. The van der Waals surface area contributed by atoms with Crippen LogP contribution in [0, 0.1) is 17.0 Å². The molecule has 64 valence electrons. The zero-order valence-electron chi connectivity index (χ0n) is 6.44. The monoisotopic (exact) mass is 168 g/mol. The third kappa shape index (κ3) is 1.16. The lowest BCUT2D eigenvalue weighted by Gasteiger charge is -2.01. The van der Waals surface area contributed by atoms with Gasteiger partial charge in [0.2, 0.25) is 5.75 Å². The molecule has 0 aromatic heterocycles. The normalized spacial score (nSPS) is 9.75. The zero-order valence-corrected chi connectivity index (χ0v) is 6.44. The van der Waals surface area contributed by atoms with Gasteiger partial charge in [0.05, 0.1) is 10.6 Å². The number of nitrogens with two attached hydrogens (primary N) is 1. The SMILES string of the molecule is Cc1ccc(N)c(O)c1[N+](=O)[O-]. The van der Waals surface area contributed by atoms with Gasteiger partial charge in [-0.25, -0.2) is 0 Å². The molecule has 1 aromatic rings. The van der Waals surface area contributed by atoms with E-state index in [0.29, 0.717) is 5.56 Å². The van der Waals surface area contributed by atoms with Crippen LogP contribution >= 0.6 is 0 Å². The van der Waals surface area contributed by atoms with Crippen LogP contribution in [-0.2, 0) is 0 Å². The fourth-order valence-electron chi connectivity index (χ4n) is 0.927. The number of phenols is 1. The molecule has 0 aliphatic carbocycles. The summed E-state index contributed by atoms with van der Waals surface area (Å²) in [5.41, 5.74) is 5.36. The summed E-state index contributed by atoms with van der Waals surface area (Å²) in [4.78, 5) is 9.73. The average Bonchev–Trinajstić information content (AvgIpc) is 1.97. The number of phenolic OH excluding ortho intramolecular Hbond substituents is 1. The van der Waals surface area contributed by atoms with E-state index in [4.69, 9.17) is 5.73 Å². The van der Waals surface area contributed by atoms with Gasteiger partial charge in [-0.3, -0.25) is 10.1 Å². The summed E-state index contributed by atoms with van der Waals surface area (Å²) >= 11 is 0. The predicted molar refractivity (Wildman–Crippen MR) is 43.9 cm³/mol. The molecule has 12 heavy (non-hydrogen) atoms. The molecule has 0 radical (unpaired) electrons. The van der Waals surface area contributed by atoms with Crippen molar-refractivity contribution in [3.05, 3.63) is 27.8 Å². The van der Waals surface area contributed by atoms with Gasteiger partial charge in [0.1, 0.15) is 0 Å². The minimum Gasteiger partial charge on any atom is -0.501 e. The number of nitrogens with zero attached hydrogens (tertiary/aromatic N) is 1. The average molecular weight is 168 g/mol. The number of aromatic hydroxyl groups is 1. The first-order valence-electron chi connectivity index (χ1n) is 3.26. The van der Waals surface area contributed by atoms with Crippen LogP contribution in [0.15, 0.2) is 12.1 Å². The van der Waals surface area contributed by atoms with Gasteiger partial charge in [-0.15, -0.1) is 0 Å². The molecule has 0 spiro atoms. The Morgan fingerprint density at radius 2 is 2.17 bits per heavy atom. The van der Waals surface area contributed by atoms with Crippen LogP contribution in [0.5, 0.6) is 5.75 Å². The maximum atomic E-state index is 10.4. The summed E-state index contributed by atoms with van der Waals surface area (Å²) in [5, 5.41) is 19.6. The van der Waals surface area contributed by atoms with Gasteiger partial charge in [-0.05, 0) is 13.0 Å².